The van der Waals surface area contributed by atoms with Crippen molar-refractivity contribution in [1.82, 2.24) is 0 Å². The maximum atomic E-state index is 10.9. The van der Waals surface area contributed by atoms with E-state index < -0.39 is 12.0 Å². The van der Waals surface area contributed by atoms with E-state index in [0.717, 1.165) is 11.1 Å². The van der Waals surface area contributed by atoms with Gasteiger partial charge in [0.2, 0.25) is 0 Å². The molecule has 0 aliphatic carbocycles. The highest BCUT2D eigenvalue weighted by atomic mass is 16.5. The highest BCUT2D eigenvalue weighted by Gasteiger charge is 2.16. The van der Waals surface area contributed by atoms with Crippen LogP contribution >= 0.6 is 0 Å². The maximum Gasteiger partial charge on any atom is 0.325 e. The number of rotatable bonds is 4. The van der Waals surface area contributed by atoms with Crippen LogP contribution in [-0.4, -0.2) is 18.2 Å². The van der Waals surface area contributed by atoms with Crippen LogP contribution in [0.2, 0.25) is 0 Å². The van der Waals surface area contributed by atoms with Gasteiger partial charge in [-0.25, -0.2) is 0 Å². The predicted octanol–water partition coefficient (Wildman–Crippen LogP) is 2.45. The van der Waals surface area contributed by atoms with E-state index in [4.69, 9.17) is 15.6 Å². The first kappa shape index (κ1) is 13.1. The molecular formula is C15H15NO3. The molecule has 0 fully saturated rings. The first-order valence-corrected chi connectivity index (χ1v) is 5.85. The predicted molar refractivity (Wildman–Crippen MR) is 73.0 cm³/mol. The topological polar surface area (TPSA) is 72.5 Å². The Kier molecular flexibility index (Phi) is 3.82. The molecule has 0 saturated heterocycles. The highest BCUT2D eigenvalue weighted by Crippen LogP contribution is 2.31. The van der Waals surface area contributed by atoms with Gasteiger partial charge in [0.25, 0.3) is 0 Å². The highest BCUT2D eigenvalue weighted by molar-refractivity contribution is 5.77. The number of benzene rings is 2. The summed E-state index contributed by atoms with van der Waals surface area (Å²) in [5, 5.41) is 8.92. The number of carboxylic acids is 1. The summed E-state index contributed by atoms with van der Waals surface area (Å²) in [6, 6.07) is 13.9. The van der Waals surface area contributed by atoms with Crippen LogP contribution in [0.3, 0.4) is 0 Å². The van der Waals surface area contributed by atoms with Crippen LogP contribution in [0.1, 0.15) is 11.6 Å². The molecule has 0 aliphatic rings. The standard InChI is InChI=1S/C15H15NO3/c1-19-13-9-11(14(16)15(17)18)7-8-12(13)10-5-3-2-4-6-10/h2-9,14H,16H2,1H3,(H,17,18). The third-order valence-corrected chi connectivity index (χ3v) is 2.94. The quantitative estimate of drug-likeness (QED) is 0.882. The Morgan fingerprint density at radius 3 is 2.47 bits per heavy atom. The molecule has 2 rings (SSSR count). The molecule has 0 aliphatic heterocycles. The largest absolute Gasteiger partial charge is 0.496 e. The minimum absolute atomic E-state index is 0.518. The summed E-state index contributed by atoms with van der Waals surface area (Å²) in [7, 11) is 1.55. The van der Waals surface area contributed by atoms with Crippen molar-refractivity contribution in [3.63, 3.8) is 0 Å². The lowest BCUT2D eigenvalue weighted by atomic mass is 10.00. The summed E-state index contributed by atoms with van der Waals surface area (Å²) < 4.78 is 5.32. The van der Waals surface area contributed by atoms with E-state index in [1.54, 1.807) is 19.2 Å². The minimum Gasteiger partial charge on any atom is -0.496 e. The van der Waals surface area contributed by atoms with Crippen molar-refractivity contribution < 1.29 is 14.6 Å². The molecule has 0 radical (unpaired) electrons. The van der Waals surface area contributed by atoms with Gasteiger partial charge < -0.3 is 15.6 Å². The summed E-state index contributed by atoms with van der Waals surface area (Å²) in [6.07, 6.45) is 0. The van der Waals surface area contributed by atoms with Crippen LogP contribution < -0.4 is 10.5 Å². The van der Waals surface area contributed by atoms with Crippen molar-refractivity contribution in [3.05, 3.63) is 54.1 Å². The van der Waals surface area contributed by atoms with Crippen LogP contribution in [-0.2, 0) is 4.79 Å². The number of methoxy groups -OCH3 is 1. The maximum absolute atomic E-state index is 10.9. The van der Waals surface area contributed by atoms with Gasteiger partial charge >= 0.3 is 5.97 Å². The van der Waals surface area contributed by atoms with E-state index in [9.17, 15) is 4.79 Å². The molecule has 0 aromatic heterocycles. The van der Waals surface area contributed by atoms with Crippen molar-refractivity contribution in [2.24, 2.45) is 5.73 Å². The van der Waals surface area contributed by atoms with E-state index in [2.05, 4.69) is 0 Å². The van der Waals surface area contributed by atoms with Gasteiger partial charge in [-0.15, -0.1) is 0 Å². The van der Waals surface area contributed by atoms with E-state index in [-0.39, 0.29) is 0 Å². The number of aliphatic carboxylic acids is 1. The van der Waals surface area contributed by atoms with Crippen LogP contribution in [0.15, 0.2) is 48.5 Å². The first-order chi connectivity index (χ1) is 9.13. The molecule has 3 N–H and O–H groups in total. The zero-order valence-electron chi connectivity index (χ0n) is 10.5. The Labute approximate surface area is 111 Å². The Morgan fingerprint density at radius 1 is 1.21 bits per heavy atom. The van der Waals surface area contributed by atoms with Gasteiger partial charge in [-0.2, -0.15) is 0 Å². The molecule has 98 valence electrons. The normalized spacial score (nSPS) is 11.9. The van der Waals surface area contributed by atoms with Gasteiger partial charge in [0.05, 0.1) is 7.11 Å². The van der Waals surface area contributed by atoms with E-state index in [1.165, 1.54) is 0 Å². The van der Waals surface area contributed by atoms with E-state index in [0.29, 0.717) is 11.3 Å². The fourth-order valence-corrected chi connectivity index (χ4v) is 1.90. The lowest BCUT2D eigenvalue weighted by Crippen LogP contribution is -2.20. The molecule has 0 amide bonds. The van der Waals surface area contributed by atoms with Crippen molar-refractivity contribution in [1.29, 1.82) is 0 Å². The third-order valence-electron chi connectivity index (χ3n) is 2.94. The molecule has 1 atom stereocenters. The molecular weight excluding hydrogens is 242 g/mol. The average molecular weight is 257 g/mol. The molecule has 19 heavy (non-hydrogen) atoms. The first-order valence-electron chi connectivity index (χ1n) is 5.85. The number of nitrogens with two attached hydrogens (primary N) is 1. The fourth-order valence-electron chi connectivity index (χ4n) is 1.90. The Bertz CT molecular complexity index is 581. The Balaban J connectivity index is 2.46. The van der Waals surface area contributed by atoms with Gasteiger partial charge in [-0.05, 0) is 17.2 Å². The second-order valence-corrected chi connectivity index (χ2v) is 4.14. The monoisotopic (exact) mass is 257 g/mol. The summed E-state index contributed by atoms with van der Waals surface area (Å²) in [4.78, 5) is 10.9. The van der Waals surface area contributed by atoms with E-state index >= 15 is 0 Å². The zero-order chi connectivity index (χ0) is 13.8. The summed E-state index contributed by atoms with van der Waals surface area (Å²) >= 11 is 0. The summed E-state index contributed by atoms with van der Waals surface area (Å²) in [5.74, 6) is -0.449. The van der Waals surface area contributed by atoms with Crippen molar-refractivity contribution in [2.75, 3.05) is 7.11 Å². The second kappa shape index (κ2) is 5.54. The number of hydrogen-bond donors (Lipinski definition) is 2. The average Bonchev–Trinajstić information content (AvgIpc) is 2.46. The van der Waals surface area contributed by atoms with Gasteiger partial charge in [-0.3, -0.25) is 4.79 Å². The minimum atomic E-state index is -1.06. The molecule has 0 heterocycles. The number of hydrogen-bond acceptors (Lipinski definition) is 3. The van der Waals surface area contributed by atoms with Gasteiger partial charge in [0.1, 0.15) is 11.8 Å². The molecule has 0 spiro atoms. The third kappa shape index (κ3) is 2.74. The van der Waals surface area contributed by atoms with Crippen LogP contribution in [0.4, 0.5) is 0 Å². The van der Waals surface area contributed by atoms with Crippen LogP contribution in [0.5, 0.6) is 5.75 Å². The molecule has 0 bridgehead atoms. The Morgan fingerprint density at radius 2 is 1.89 bits per heavy atom. The van der Waals surface area contributed by atoms with Crippen molar-refractivity contribution >= 4 is 5.97 Å². The molecule has 2 aromatic rings. The van der Waals surface area contributed by atoms with Gasteiger partial charge in [0.15, 0.2) is 0 Å². The smallest absolute Gasteiger partial charge is 0.325 e. The van der Waals surface area contributed by atoms with Crippen LogP contribution in [0, 0.1) is 0 Å². The molecule has 4 heteroatoms. The molecule has 2 aromatic carbocycles. The number of carbonyl (C=O) groups is 1. The van der Waals surface area contributed by atoms with Crippen LogP contribution in [0.25, 0.3) is 11.1 Å². The SMILES string of the molecule is COc1cc(C(N)C(=O)O)ccc1-c1ccccc1. The second-order valence-electron chi connectivity index (χ2n) is 4.14. The summed E-state index contributed by atoms with van der Waals surface area (Å²) in [6.45, 7) is 0. The number of ether oxygens (including phenoxy) is 1. The molecule has 1 unspecified atom stereocenters. The molecule has 0 saturated carbocycles. The lowest BCUT2D eigenvalue weighted by molar-refractivity contribution is -0.138. The summed E-state index contributed by atoms with van der Waals surface area (Å²) in [5.41, 5.74) is 8.03. The fraction of sp³-hybridized carbons (Fsp3) is 0.133. The van der Waals surface area contributed by atoms with Crippen molar-refractivity contribution in [3.8, 4) is 16.9 Å². The zero-order valence-corrected chi connectivity index (χ0v) is 10.5. The molecule has 4 nitrogen and oxygen atoms in total. The Hall–Kier alpha value is -2.33. The van der Waals surface area contributed by atoms with E-state index in [1.807, 2.05) is 36.4 Å². The van der Waals surface area contributed by atoms with Gasteiger partial charge in [0, 0.05) is 5.56 Å². The van der Waals surface area contributed by atoms with Crippen molar-refractivity contribution in [2.45, 2.75) is 6.04 Å². The van der Waals surface area contributed by atoms with Gasteiger partial charge in [-0.1, -0.05) is 42.5 Å². The lowest BCUT2D eigenvalue weighted by Gasteiger charge is -2.13. The number of carboxylic acid groups (broad SMARTS) is 1.